The van der Waals surface area contributed by atoms with Crippen molar-refractivity contribution in [1.29, 1.82) is 0 Å². The van der Waals surface area contributed by atoms with E-state index in [4.69, 9.17) is 9.72 Å². The molecule has 6 nitrogen and oxygen atoms in total. The number of rotatable bonds is 6. The molecule has 56 heavy (non-hydrogen) atoms. The average Bonchev–Trinajstić information content (AvgIpc) is 3.77. The number of hydrogen-bond acceptors (Lipinski definition) is 3. The van der Waals surface area contributed by atoms with E-state index in [9.17, 15) is 0 Å². The number of aromatic nitrogens is 5. The first-order valence-electron chi connectivity index (χ1n) is 18.9. The van der Waals surface area contributed by atoms with Crippen LogP contribution in [0.15, 0.2) is 122 Å². The van der Waals surface area contributed by atoms with Crippen LogP contribution in [-0.4, -0.2) is 19.1 Å². The zero-order valence-corrected chi connectivity index (χ0v) is 35.8. The molecule has 0 saturated heterocycles. The van der Waals surface area contributed by atoms with Crippen molar-refractivity contribution in [2.45, 2.75) is 78.6 Å². The minimum atomic E-state index is -0.0367. The topological polar surface area (TPSA) is 48.8 Å². The van der Waals surface area contributed by atoms with Gasteiger partial charge in [0.25, 0.3) is 6.33 Å². The fourth-order valence-electron chi connectivity index (χ4n) is 6.91. The molecule has 0 radical (unpaired) electrons. The molecule has 4 heterocycles. The predicted molar refractivity (Wildman–Crippen MR) is 222 cm³/mol. The summed E-state index contributed by atoms with van der Waals surface area (Å²) in [6.45, 7) is 20.2. The summed E-state index contributed by atoms with van der Waals surface area (Å²) in [4.78, 5) is 9.40. The van der Waals surface area contributed by atoms with E-state index in [-0.39, 0.29) is 37.3 Å². The molecule has 4 aromatic heterocycles. The first-order valence-corrected chi connectivity index (χ1v) is 18.9. The van der Waals surface area contributed by atoms with Crippen molar-refractivity contribution in [3.8, 4) is 39.8 Å². The van der Waals surface area contributed by atoms with Gasteiger partial charge in [-0.15, -0.1) is 23.6 Å². The summed E-state index contributed by atoms with van der Waals surface area (Å²) in [5.74, 6) is 1.87. The quantitative estimate of drug-likeness (QED) is 0.123. The van der Waals surface area contributed by atoms with E-state index in [0.717, 1.165) is 38.9 Å². The van der Waals surface area contributed by atoms with Crippen LogP contribution < -0.4 is 9.30 Å². The Bertz CT molecular complexity index is 2650. The summed E-state index contributed by atoms with van der Waals surface area (Å²) < 4.78 is 12.6. The summed E-state index contributed by atoms with van der Waals surface area (Å²) in [5.41, 5.74) is 9.79. The average molecular weight is 917 g/mol. The molecule has 0 saturated carbocycles. The summed E-state index contributed by atoms with van der Waals surface area (Å²) in [6, 6.07) is 39.3. The van der Waals surface area contributed by atoms with E-state index in [0.29, 0.717) is 17.2 Å². The van der Waals surface area contributed by atoms with Crippen LogP contribution >= 0.6 is 0 Å². The zero-order chi connectivity index (χ0) is 38.7. The normalized spacial score (nSPS) is 12.2. The van der Waals surface area contributed by atoms with Crippen LogP contribution in [0.4, 0.5) is 0 Å². The minimum Gasteiger partial charge on any atom is -0.508 e. The van der Waals surface area contributed by atoms with Gasteiger partial charge >= 0.3 is 0 Å². The number of benzene rings is 4. The molecule has 0 aliphatic heterocycles. The Morgan fingerprint density at radius 1 is 0.643 bits per heavy atom. The molecule has 8 rings (SSSR count). The van der Waals surface area contributed by atoms with Gasteiger partial charge in [0.1, 0.15) is 5.82 Å². The van der Waals surface area contributed by atoms with Crippen LogP contribution in [0.25, 0.3) is 50.1 Å². The molecule has 0 aliphatic carbocycles. The first kappa shape index (κ1) is 38.9. The fraction of sp³-hybridized carbons (Fsp3) is 0.245. The third-order valence-electron chi connectivity index (χ3n) is 10.2. The van der Waals surface area contributed by atoms with E-state index in [1.165, 1.54) is 22.3 Å². The second-order valence-corrected chi connectivity index (χ2v) is 17.5. The Balaban J connectivity index is 0.00000480. The number of hydrogen-bond donors (Lipinski definition) is 0. The molecule has 0 unspecified atom stereocenters. The van der Waals surface area contributed by atoms with Crippen LogP contribution in [0.1, 0.15) is 79.0 Å². The van der Waals surface area contributed by atoms with E-state index in [2.05, 4.69) is 169 Å². The molecule has 0 atom stereocenters. The number of ether oxygens (including phenoxy) is 1. The number of pyridine rings is 2. The zero-order valence-electron chi connectivity index (χ0n) is 33.5. The smallest absolute Gasteiger partial charge is 0.267 e. The summed E-state index contributed by atoms with van der Waals surface area (Å²) in [6.07, 6.45) is 12.8. The summed E-state index contributed by atoms with van der Waals surface area (Å²) >= 11 is 0. The molecule has 0 aliphatic rings. The molecular formula is C49H47N5OPt-2. The largest absolute Gasteiger partial charge is 0.508 e. The van der Waals surface area contributed by atoms with Crippen LogP contribution in [0.3, 0.4) is 0 Å². The van der Waals surface area contributed by atoms with E-state index < -0.39 is 0 Å². The Morgan fingerprint density at radius 3 is 2.05 bits per heavy atom. The maximum absolute atomic E-state index is 6.46. The van der Waals surface area contributed by atoms with Gasteiger partial charge in [-0.05, 0) is 91.7 Å². The van der Waals surface area contributed by atoms with Crippen molar-refractivity contribution in [1.82, 2.24) is 19.1 Å². The van der Waals surface area contributed by atoms with Crippen LogP contribution in [0.2, 0.25) is 0 Å². The summed E-state index contributed by atoms with van der Waals surface area (Å²) in [5, 5.41) is 2.19. The van der Waals surface area contributed by atoms with Gasteiger partial charge in [0.15, 0.2) is 0 Å². The third-order valence-corrected chi connectivity index (χ3v) is 10.2. The Morgan fingerprint density at radius 2 is 1.36 bits per heavy atom. The second kappa shape index (κ2) is 14.6. The fourth-order valence-corrected chi connectivity index (χ4v) is 6.91. The Kier molecular flexibility index (Phi) is 10.2. The number of imidazole rings is 1. The Labute approximate surface area is 345 Å². The standard InChI is InChI=1S/C49H47N5O.Pt/c1-47(2,3)35-19-20-51-46(27-35)54-44-18-15-34(33-13-11-10-12-14-33)23-43(44)42-17-16-40(29-45(42)54)55-41-28-39(30-50-31-41)53-22-21-52(32-53)38-25-36(48(4,5)6)24-37(26-38)49(7,8)9;/h10-27,30-31H,1-9H3;/q-2;. The van der Waals surface area contributed by atoms with Crippen LogP contribution in [0, 0.1) is 18.5 Å². The predicted octanol–water partition coefficient (Wildman–Crippen LogP) is 11.4. The molecule has 8 aromatic rings. The van der Waals surface area contributed by atoms with Crippen molar-refractivity contribution < 1.29 is 30.4 Å². The molecule has 0 bridgehead atoms. The molecule has 286 valence electrons. The molecular weight excluding hydrogens is 870 g/mol. The van der Waals surface area contributed by atoms with Crippen molar-refractivity contribution >= 4 is 21.8 Å². The van der Waals surface area contributed by atoms with Gasteiger partial charge in [0.2, 0.25) is 0 Å². The van der Waals surface area contributed by atoms with Crippen molar-refractivity contribution in [3.63, 3.8) is 0 Å². The van der Waals surface area contributed by atoms with Gasteiger partial charge in [-0.3, -0.25) is 4.57 Å². The van der Waals surface area contributed by atoms with Gasteiger partial charge in [-0.2, -0.15) is 6.07 Å². The molecule has 0 amide bonds. The van der Waals surface area contributed by atoms with Crippen molar-refractivity contribution in [2.24, 2.45) is 0 Å². The molecule has 0 spiro atoms. The third kappa shape index (κ3) is 7.73. The molecule has 0 fully saturated rings. The first-order chi connectivity index (χ1) is 26.1. The van der Waals surface area contributed by atoms with Gasteiger partial charge < -0.3 is 18.9 Å². The Hall–Kier alpha value is -5.32. The second-order valence-electron chi connectivity index (χ2n) is 17.5. The number of fused-ring (bicyclic) bond motifs is 3. The monoisotopic (exact) mass is 916 g/mol. The van der Waals surface area contributed by atoms with E-state index >= 15 is 0 Å². The van der Waals surface area contributed by atoms with E-state index in [1.54, 1.807) is 12.4 Å². The van der Waals surface area contributed by atoms with Crippen LogP contribution in [0.5, 0.6) is 11.5 Å². The van der Waals surface area contributed by atoms with Gasteiger partial charge in [0.05, 0.1) is 5.69 Å². The van der Waals surface area contributed by atoms with Gasteiger partial charge in [0, 0.05) is 56.7 Å². The molecule has 7 heteroatoms. The van der Waals surface area contributed by atoms with Crippen LogP contribution in [-0.2, 0) is 37.3 Å². The van der Waals surface area contributed by atoms with Gasteiger partial charge in [-0.1, -0.05) is 123 Å². The van der Waals surface area contributed by atoms with Gasteiger partial charge in [-0.25, -0.2) is 4.98 Å². The maximum atomic E-state index is 6.46. The molecule has 0 N–H and O–H groups in total. The number of nitrogens with zero attached hydrogens (tertiary/aromatic N) is 5. The maximum Gasteiger partial charge on any atom is 0.267 e. The van der Waals surface area contributed by atoms with E-state index in [1.807, 2.05) is 39.9 Å². The minimum absolute atomic E-state index is 0. The molecule has 4 aromatic carbocycles. The summed E-state index contributed by atoms with van der Waals surface area (Å²) in [7, 11) is 0. The van der Waals surface area contributed by atoms with Crippen molar-refractivity contribution in [2.75, 3.05) is 0 Å². The SMILES string of the molecule is CC(C)(C)c1cc(-[n+]2[c-]n(-c3[c-]c(Oc4[c-]c5c(cc4)c4cc(-c6ccccc6)ccc4n5-c4cc(C(C)(C)C)ccn4)cnc3)cc2)cc(C(C)(C)C)c1.[Pt]. The van der Waals surface area contributed by atoms with Crippen molar-refractivity contribution in [3.05, 3.63) is 157 Å².